The van der Waals surface area contributed by atoms with Crippen molar-refractivity contribution < 1.29 is 4.79 Å². The highest BCUT2D eigenvalue weighted by Gasteiger charge is 2.43. The Balaban J connectivity index is 2.19. The Bertz CT molecular complexity index is 229. The molecule has 3 heteroatoms. The molecule has 2 aliphatic rings. The minimum Gasteiger partial charge on any atom is -0.337 e. The predicted molar refractivity (Wildman–Crippen MR) is 51.5 cm³/mol. The zero-order valence-corrected chi connectivity index (χ0v) is 8.47. The highest BCUT2D eigenvalue weighted by Crippen LogP contribution is 2.39. The molecule has 1 aliphatic carbocycles. The highest BCUT2D eigenvalue weighted by molar-refractivity contribution is 5.75. The number of carbonyl (C=O) groups is 1. The molecule has 0 aromatic rings. The van der Waals surface area contributed by atoms with Gasteiger partial charge in [-0.1, -0.05) is 19.8 Å². The number of fused-ring (bicyclic) bond motifs is 1. The van der Waals surface area contributed by atoms with E-state index < -0.39 is 0 Å². The fourth-order valence-electron chi connectivity index (χ4n) is 2.79. The quantitative estimate of drug-likeness (QED) is 0.606. The van der Waals surface area contributed by atoms with Gasteiger partial charge in [0.1, 0.15) is 0 Å². The van der Waals surface area contributed by atoms with Crippen molar-refractivity contribution in [2.75, 3.05) is 13.6 Å². The number of hydrogen-bond donors (Lipinski definition) is 1. The topological polar surface area (TPSA) is 32.3 Å². The second-order valence-corrected chi connectivity index (χ2v) is 4.69. The molecule has 74 valence electrons. The molecule has 2 atom stereocenters. The van der Waals surface area contributed by atoms with E-state index in [1.54, 1.807) is 0 Å². The lowest BCUT2D eigenvalue weighted by molar-refractivity contribution is 0.0471. The number of hydrogen-bond acceptors (Lipinski definition) is 1. The molecule has 0 aromatic heterocycles. The summed E-state index contributed by atoms with van der Waals surface area (Å²) in [5, 5.41) is 2.96. The van der Waals surface area contributed by atoms with Crippen LogP contribution in [0.3, 0.4) is 0 Å². The van der Waals surface area contributed by atoms with E-state index in [4.69, 9.17) is 0 Å². The van der Waals surface area contributed by atoms with E-state index in [0.717, 1.165) is 6.54 Å². The molecule has 2 fully saturated rings. The molecule has 3 nitrogen and oxygen atoms in total. The van der Waals surface area contributed by atoms with Crippen LogP contribution in [-0.4, -0.2) is 30.6 Å². The van der Waals surface area contributed by atoms with Crippen LogP contribution in [0, 0.1) is 5.41 Å². The van der Waals surface area contributed by atoms with Crippen LogP contribution < -0.4 is 5.32 Å². The van der Waals surface area contributed by atoms with Crippen LogP contribution >= 0.6 is 0 Å². The number of urea groups is 1. The first-order chi connectivity index (χ1) is 6.13. The maximum Gasteiger partial charge on any atom is 0.317 e. The fraction of sp³-hybridized carbons (Fsp3) is 0.900. The SMILES string of the molecule is CN1C(=O)NCC2(C)CCCCC12. The number of rotatable bonds is 0. The summed E-state index contributed by atoms with van der Waals surface area (Å²) in [4.78, 5) is 13.3. The first-order valence-electron chi connectivity index (χ1n) is 5.14. The van der Waals surface area contributed by atoms with Crippen LogP contribution in [-0.2, 0) is 0 Å². The summed E-state index contributed by atoms with van der Waals surface area (Å²) in [6, 6.07) is 0.569. The largest absolute Gasteiger partial charge is 0.337 e. The molecule has 1 saturated carbocycles. The van der Waals surface area contributed by atoms with Crippen LogP contribution in [0.2, 0.25) is 0 Å². The molecule has 0 bridgehead atoms. The van der Waals surface area contributed by atoms with Gasteiger partial charge < -0.3 is 10.2 Å². The third-order valence-corrected chi connectivity index (χ3v) is 3.71. The van der Waals surface area contributed by atoms with Gasteiger partial charge in [-0.25, -0.2) is 4.79 Å². The molecule has 0 aromatic carbocycles. The summed E-state index contributed by atoms with van der Waals surface area (Å²) < 4.78 is 0. The van der Waals surface area contributed by atoms with Gasteiger partial charge in [-0.15, -0.1) is 0 Å². The molecule has 2 amide bonds. The van der Waals surface area contributed by atoms with Crippen LogP contribution in [0.4, 0.5) is 4.79 Å². The van der Waals surface area contributed by atoms with Crippen molar-refractivity contribution in [1.82, 2.24) is 10.2 Å². The summed E-state index contributed by atoms with van der Waals surface area (Å²) >= 11 is 0. The van der Waals surface area contributed by atoms with Crippen molar-refractivity contribution in [3.63, 3.8) is 0 Å². The van der Waals surface area contributed by atoms with Gasteiger partial charge in [0.15, 0.2) is 0 Å². The van der Waals surface area contributed by atoms with Gasteiger partial charge >= 0.3 is 6.03 Å². The molecule has 0 spiro atoms. The average Bonchev–Trinajstić information content (AvgIpc) is 2.12. The van der Waals surface area contributed by atoms with Crippen molar-refractivity contribution in [1.29, 1.82) is 0 Å². The number of nitrogens with zero attached hydrogens (tertiary/aromatic N) is 1. The summed E-state index contributed by atoms with van der Waals surface area (Å²) in [7, 11) is 1.92. The van der Waals surface area contributed by atoms with Crippen molar-refractivity contribution in [2.24, 2.45) is 5.41 Å². The van der Waals surface area contributed by atoms with E-state index in [9.17, 15) is 4.79 Å². The maximum absolute atomic E-state index is 11.4. The molecule has 2 rings (SSSR count). The normalized spacial score (nSPS) is 39.7. The second kappa shape index (κ2) is 2.89. The Hall–Kier alpha value is -0.730. The zero-order chi connectivity index (χ0) is 9.47. The summed E-state index contributed by atoms with van der Waals surface area (Å²) in [5.74, 6) is 0. The van der Waals surface area contributed by atoms with Gasteiger partial charge in [-0.05, 0) is 12.8 Å². The molecule has 1 aliphatic heterocycles. The zero-order valence-electron chi connectivity index (χ0n) is 8.47. The van der Waals surface area contributed by atoms with Gasteiger partial charge in [0.25, 0.3) is 0 Å². The Labute approximate surface area is 79.5 Å². The molecule has 1 N–H and O–H groups in total. The van der Waals surface area contributed by atoms with Gasteiger partial charge in [0, 0.05) is 25.0 Å². The monoisotopic (exact) mass is 182 g/mol. The van der Waals surface area contributed by atoms with E-state index in [1.807, 2.05) is 11.9 Å². The molecule has 1 heterocycles. The molecule has 0 radical (unpaired) electrons. The summed E-state index contributed by atoms with van der Waals surface area (Å²) in [5.41, 5.74) is 0.320. The fourth-order valence-corrected chi connectivity index (χ4v) is 2.79. The Kier molecular flexibility index (Phi) is 1.97. The van der Waals surface area contributed by atoms with Gasteiger partial charge in [0.05, 0.1) is 0 Å². The first kappa shape index (κ1) is 8.85. The smallest absolute Gasteiger partial charge is 0.317 e. The minimum absolute atomic E-state index is 0.101. The van der Waals surface area contributed by atoms with Gasteiger partial charge in [0.2, 0.25) is 0 Å². The van der Waals surface area contributed by atoms with Crippen LogP contribution in [0.15, 0.2) is 0 Å². The third kappa shape index (κ3) is 1.30. The third-order valence-electron chi connectivity index (χ3n) is 3.71. The minimum atomic E-state index is 0.101. The lowest BCUT2D eigenvalue weighted by Crippen LogP contribution is -2.61. The number of nitrogens with one attached hydrogen (secondary N) is 1. The van der Waals surface area contributed by atoms with Crippen molar-refractivity contribution >= 4 is 6.03 Å². The van der Waals surface area contributed by atoms with Gasteiger partial charge in [-0.3, -0.25) is 0 Å². The molecule has 2 unspecified atom stereocenters. The Morgan fingerprint density at radius 1 is 1.54 bits per heavy atom. The predicted octanol–water partition coefficient (Wildman–Crippen LogP) is 1.59. The van der Waals surface area contributed by atoms with E-state index in [2.05, 4.69) is 12.2 Å². The van der Waals surface area contributed by atoms with E-state index in [-0.39, 0.29) is 6.03 Å². The van der Waals surface area contributed by atoms with Crippen LogP contribution in [0.1, 0.15) is 32.6 Å². The lowest BCUT2D eigenvalue weighted by Gasteiger charge is -2.49. The highest BCUT2D eigenvalue weighted by atomic mass is 16.2. The maximum atomic E-state index is 11.4. The van der Waals surface area contributed by atoms with E-state index >= 15 is 0 Å². The molecule has 1 saturated heterocycles. The summed E-state index contributed by atoms with van der Waals surface area (Å²) in [6.07, 6.45) is 5.03. The molecular formula is C10H18N2O. The first-order valence-corrected chi connectivity index (χ1v) is 5.14. The lowest BCUT2D eigenvalue weighted by atomic mass is 9.70. The van der Waals surface area contributed by atoms with Crippen molar-refractivity contribution in [3.05, 3.63) is 0 Å². The Morgan fingerprint density at radius 3 is 3.08 bits per heavy atom. The van der Waals surface area contributed by atoms with E-state index in [0.29, 0.717) is 11.5 Å². The van der Waals surface area contributed by atoms with Crippen molar-refractivity contribution in [2.45, 2.75) is 38.6 Å². The Morgan fingerprint density at radius 2 is 2.31 bits per heavy atom. The average molecular weight is 182 g/mol. The van der Waals surface area contributed by atoms with Crippen molar-refractivity contribution in [3.8, 4) is 0 Å². The molecule has 13 heavy (non-hydrogen) atoms. The summed E-state index contributed by atoms with van der Waals surface area (Å²) in [6.45, 7) is 3.16. The molecular weight excluding hydrogens is 164 g/mol. The standard InChI is InChI=1S/C10H18N2O/c1-10-6-4-3-5-8(10)12(2)9(13)11-7-10/h8H,3-7H2,1-2H3,(H,11,13). The van der Waals surface area contributed by atoms with E-state index in [1.165, 1.54) is 25.7 Å². The van der Waals surface area contributed by atoms with Crippen LogP contribution in [0.25, 0.3) is 0 Å². The van der Waals surface area contributed by atoms with Gasteiger partial charge in [-0.2, -0.15) is 0 Å². The van der Waals surface area contributed by atoms with Crippen LogP contribution in [0.5, 0.6) is 0 Å². The second-order valence-electron chi connectivity index (χ2n) is 4.69. The number of amides is 2. The number of carbonyl (C=O) groups excluding carboxylic acids is 1.